The van der Waals surface area contributed by atoms with Crippen molar-refractivity contribution in [2.24, 2.45) is 5.73 Å². The molecule has 0 saturated carbocycles. The Hall–Kier alpha value is -3.84. The Labute approximate surface area is 193 Å². The van der Waals surface area contributed by atoms with Crippen molar-refractivity contribution >= 4 is 23.1 Å². The summed E-state index contributed by atoms with van der Waals surface area (Å²) in [4.78, 5) is 34.3. The molecule has 1 aromatic carbocycles. The van der Waals surface area contributed by atoms with E-state index in [-0.39, 0.29) is 24.8 Å². The first-order valence-corrected chi connectivity index (χ1v) is 10.9. The second kappa shape index (κ2) is 10.2. The minimum Gasteiger partial charge on any atom is -0.369 e. The van der Waals surface area contributed by atoms with Crippen molar-refractivity contribution in [2.75, 3.05) is 25.0 Å². The normalized spacial score (nSPS) is 13.9. The van der Waals surface area contributed by atoms with Gasteiger partial charge in [-0.2, -0.15) is 0 Å². The van der Waals surface area contributed by atoms with Gasteiger partial charge in [0, 0.05) is 25.0 Å². The van der Waals surface area contributed by atoms with E-state index in [1.165, 1.54) is 0 Å². The third-order valence-electron chi connectivity index (χ3n) is 5.60. The van der Waals surface area contributed by atoms with Crippen LogP contribution in [0.2, 0.25) is 0 Å². The quantitative estimate of drug-likeness (QED) is 0.586. The first kappa shape index (κ1) is 22.4. The van der Waals surface area contributed by atoms with E-state index in [2.05, 4.69) is 21.4 Å². The number of amides is 2. The molecule has 0 atom stereocenters. The maximum absolute atomic E-state index is 12.5. The molecule has 0 fully saturated rings. The lowest BCUT2D eigenvalue weighted by molar-refractivity contribution is -0.119. The van der Waals surface area contributed by atoms with E-state index in [1.54, 1.807) is 12.4 Å². The van der Waals surface area contributed by atoms with Gasteiger partial charge in [-0.05, 0) is 59.9 Å². The van der Waals surface area contributed by atoms with E-state index in [4.69, 9.17) is 5.73 Å². The van der Waals surface area contributed by atoms with Crippen LogP contribution < -0.4 is 11.1 Å². The standard InChI is InChI=1S/C26H27N5O2/c1-18-14-22(8-11-28-18)20-4-2-19(3-5-20)15-26(33)30-23-6-7-24(29-16-23)21-9-12-31(13-10-21)17-25(27)32/h2-9,11,14,16H,10,12-13,15,17H2,1H3,(H2,27,32)(H,30,33). The summed E-state index contributed by atoms with van der Waals surface area (Å²) in [5.74, 6) is -0.402. The van der Waals surface area contributed by atoms with Crippen LogP contribution in [0.4, 0.5) is 5.69 Å². The van der Waals surface area contributed by atoms with Gasteiger partial charge >= 0.3 is 0 Å². The lowest BCUT2D eigenvalue weighted by Crippen LogP contribution is -2.36. The largest absolute Gasteiger partial charge is 0.369 e. The number of pyridine rings is 2. The van der Waals surface area contributed by atoms with Crippen molar-refractivity contribution in [1.29, 1.82) is 0 Å². The number of carbonyl (C=O) groups excluding carboxylic acids is 2. The molecule has 0 unspecified atom stereocenters. The molecule has 0 bridgehead atoms. The van der Waals surface area contributed by atoms with Crippen molar-refractivity contribution in [3.05, 3.63) is 84.0 Å². The third-order valence-corrected chi connectivity index (χ3v) is 5.60. The molecule has 2 aromatic heterocycles. The molecule has 0 aliphatic carbocycles. The summed E-state index contributed by atoms with van der Waals surface area (Å²) < 4.78 is 0. The van der Waals surface area contributed by atoms with Crippen molar-refractivity contribution in [3.8, 4) is 11.1 Å². The molecule has 4 rings (SSSR count). The minimum atomic E-state index is -0.315. The number of anilines is 1. The van der Waals surface area contributed by atoms with Crippen molar-refractivity contribution in [3.63, 3.8) is 0 Å². The Balaban J connectivity index is 1.32. The van der Waals surface area contributed by atoms with Gasteiger partial charge in [0.2, 0.25) is 11.8 Å². The lowest BCUT2D eigenvalue weighted by atomic mass is 10.0. The predicted octanol–water partition coefficient (Wildman–Crippen LogP) is 3.21. The number of carbonyl (C=O) groups is 2. The van der Waals surface area contributed by atoms with E-state index < -0.39 is 0 Å². The van der Waals surface area contributed by atoms with Crippen molar-refractivity contribution < 1.29 is 9.59 Å². The molecule has 2 amide bonds. The highest BCUT2D eigenvalue weighted by atomic mass is 16.2. The van der Waals surface area contributed by atoms with Crippen LogP contribution in [0.3, 0.4) is 0 Å². The highest BCUT2D eigenvalue weighted by Crippen LogP contribution is 2.22. The van der Waals surface area contributed by atoms with Crippen LogP contribution in [0, 0.1) is 6.92 Å². The number of rotatable bonds is 7. The van der Waals surface area contributed by atoms with Gasteiger partial charge in [0.25, 0.3) is 0 Å². The van der Waals surface area contributed by atoms with Crippen LogP contribution in [0.15, 0.2) is 67.0 Å². The number of hydrogen-bond acceptors (Lipinski definition) is 5. The van der Waals surface area contributed by atoms with Gasteiger partial charge in [-0.15, -0.1) is 0 Å². The van der Waals surface area contributed by atoms with E-state index in [0.717, 1.165) is 46.6 Å². The van der Waals surface area contributed by atoms with Crippen LogP contribution in [0.25, 0.3) is 16.7 Å². The average Bonchev–Trinajstić information content (AvgIpc) is 2.80. The molecule has 7 nitrogen and oxygen atoms in total. The molecule has 3 aromatic rings. The van der Waals surface area contributed by atoms with Crippen LogP contribution >= 0.6 is 0 Å². The maximum atomic E-state index is 12.5. The van der Waals surface area contributed by atoms with Crippen LogP contribution in [0.5, 0.6) is 0 Å². The SMILES string of the molecule is Cc1cc(-c2ccc(CC(=O)Nc3ccc(C4=CCN(CC(N)=O)CC4)nc3)cc2)ccn1. The smallest absolute Gasteiger partial charge is 0.231 e. The first-order chi connectivity index (χ1) is 16.0. The number of nitrogens with one attached hydrogen (secondary N) is 1. The Morgan fingerprint density at radius 1 is 1.06 bits per heavy atom. The van der Waals surface area contributed by atoms with Crippen molar-refractivity contribution in [2.45, 2.75) is 19.8 Å². The number of aryl methyl sites for hydroxylation is 1. The number of primary amides is 1. The molecular formula is C26H27N5O2. The van der Waals surface area contributed by atoms with Gasteiger partial charge in [0.15, 0.2) is 0 Å². The molecule has 0 radical (unpaired) electrons. The average molecular weight is 442 g/mol. The number of aromatic nitrogens is 2. The molecule has 0 saturated heterocycles. The number of hydrogen-bond donors (Lipinski definition) is 2. The minimum absolute atomic E-state index is 0.0870. The molecule has 3 heterocycles. The summed E-state index contributed by atoms with van der Waals surface area (Å²) in [5.41, 5.74) is 12.1. The molecule has 3 N–H and O–H groups in total. The van der Waals surface area contributed by atoms with E-state index in [1.807, 2.05) is 60.4 Å². The van der Waals surface area contributed by atoms with Gasteiger partial charge < -0.3 is 11.1 Å². The summed E-state index contributed by atoms with van der Waals surface area (Å²) in [7, 11) is 0. The number of nitrogens with zero attached hydrogens (tertiary/aromatic N) is 3. The van der Waals surface area contributed by atoms with Crippen LogP contribution in [0.1, 0.15) is 23.4 Å². The van der Waals surface area contributed by atoms with Gasteiger partial charge in [-0.1, -0.05) is 30.3 Å². The predicted molar refractivity (Wildman–Crippen MR) is 129 cm³/mol. The van der Waals surface area contributed by atoms with E-state index >= 15 is 0 Å². The van der Waals surface area contributed by atoms with Gasteiger partial charge in [-0.3, -0.25) is 24.5 Å². The zero-order valence-corrected chi connectivity index (χ0v) is 18.6. The van der Waals surface area contributed by atoms with Crippen molar-refractivity contribution in [1.82, 2.24) is 14.9 Å². The van der Waals surface area contributed by atoms with E-state index in [9.17, 15) is 9.59 Å². The maximum Gasteiger partial charge on any atom is 0.231 e. The zero-order chi connectivity index (χ0) is 23.2. The fourth-order valence-electron chi connectivity index (χ4n) is 3.90. The summed E-state index contributed by atoms with van der Waals surface area (Å²) in [5, 5.41) is 2.91. The fourth-order valence-corrected chi connectivity index (χ4v) is 3.90. The Morgan fingerprint density at radius 3 is 2.52 bits per heavy atom. The fraction of sp³-hybridized carbons (Fsp3) is 0.231. The molecule has 1 aliphatic rings. The monoisotopic (exact) mass is 441 g/mol. The second-order valence-electron chi connectivity index (χ2n) is 8.22. The molecule has 0 spiro atoms. The molecule has 33 heavy (non-hydrogen) atoms. The number of benzene rings is 1. The summed E-state index contributed by atoms with van der Waals surface area (Å²) >= 11 is 0. The lowest BCUT2D eigenvalue weighted by Gasteiger charge is -2.24. The van der Waals surface area contributed by atoms with Crippen LogP contribution in [-0.2, 0) is 16.0 Å². The summed E-state index contributed by atoms with van der Waals surface area (Å²) in [6.45, 7) is 3.69. The molecule has 7 heteroatoms. The summed E-state index contributed by atoms with van der Waals surface area (Å²) in [6, 6.07) is 15.8. The second-order valence-corrected chi connectivity index (χ2v) is 8.22. The number of nitrogens with two attached hydrogens (primary N) is 1. The van der Waals surface area contributed by atoms with Gasteiger partial charge in [-0.25, -0.2) is 0 Å². The Morgan fingerprint density at radius 2 is 1.88 bits per heavy atom. The molecular weight excluding hydrogens is 414 g/mol. The zero-order valence-electron chi connectivity index (χ0n) is 18.6. The molecule has 1 aliphatic heterocycles. The van der Waals surface area contributed by atoms with E-state index in [0.29, 0.717) is 12.2 Å². The highest BCUT2D eigenvalue weighted by molar-refractivity contribution is 5.92. The van der Waals surface area contributed by atoms with Crippen LogP contribution in [-0.4, -0.2) is 46.3 Å². The Kier molecular flexibility index (Phi) is 6.90. The molecule has 168 valence electrons. The first-order valence-electron chi connectivity index (χ1n) is 10.9. The van der Waals surface area contributed by atoms with Gasteiger partial charge in [0.05, 0.1) is 30.5 Å². The highest BCUT2D eigenvalue weighted by Gasteiger charge is 2.15. The van der Waals surface area contributed by atoms with Gasteiger partial charge in [0.1, 0.15) is 0 Å². The third kappa shape index (κ3) is 6.11. The topological polar surface area (TPSA) is 101 Å². The Bertz CT molecular complexity index is 1170. The summed E-state index contributed by atoms with van der Waals surface area (Å²) in [6.07, 6.45) is 6.65.